The molecule has 102 valence electrons. The van der Waals surface area contributed by atoms with Gasteiger partial charge < -0.3 is 4.90 Å². The van der Waals surface area contributed by atoms with E-state index in [1.54, 1.807) is 12.4 Å². The number of aromatic nitrogens is 1. The first-order valence-electron chi connectivity index (χ1n) is 6.91. The molecule has 3 rings (SSSR count). The third kappa shape index (κ3) is 3.15. The zero-order chi connectivity index (χ0) is 13.6. The van der Waals surface area contributed by atoms with Crippen molar-refractivity contribution in [2.45, 2.75) is 0 Å². The Balaban J connectivity index is 1.55. The summed E-state index contributed by atoms with van der Waals surface area (Å²) in [6.07, 6.45) is 5.48. The number of benzene rings is 1. The molecule has 0 unspecified atom stereocenters. The molecule has 0 spiro atoms. The van der Waals surface area contributed by atoms with E-state index >= 15 is 0 Å². The zero-order valence-corrected chi connectivity index (χ0v) is 11.4. The summed E-state index contributed by atoms with van der Waals surface area (Å²) >= 11 is 0. The second-order valence-corrected chi connectivity index (χ2v) is 4.80. The van der Waals surface area contributed by atoms with Crippen LogP contribution in [0.15, 0.2) is 60.0 Å². The predicted molar refractivity (Wildman–Crippen MR) is 82.1 cm³/mol. The van der Waals surface area contributed by atoms with Crippen LogP contribution in [0.3, 0.4) is 0 Å². The Hall–Kier alpha value is -2.36. The van der Waals surface area contributed by atoms with Crippen LogP contribution in [0, 0.1) is 0 Å². The molecule has 0 saturated carbocycles. The number of pyridine rings is 1. The van der Waals surface area contributed by atoms with Gasteiger partial charge in [0.1, 0.15) is 0 Å². The normalized spacial score (nSPS) is 15.8. The Bertz CT molecular complexity index is 545. The maximum Gasteiger partial charge on any atom is 0.0544 e. The molecule has 0 radical (unpaired) electrons. The van der Waals surface area contributed by atoms with E-state index in [0.717, 1.165) is 31.7 Å². The van der Waals surface area contributed by atoms with Gasteiger partial charge >= 0.3 is 0 Å². The quantitative estimate of drug-likeness (QED) is 0.799. The third-order valence-electron chi connectivity index (χ3n) is 3.45. The molecule has 0 aliphatic carbocycles. The minimum atomic E-state index is 0.955. The standard InChI is InChI=1S/C16H18N4/c1-2-4-16(5-3-1)19-10-12-20(13-11-19)18-14-15-6-8-17-9-7-15/h1-9,14H,10-13H2/b18-14-. The number of nitrogens with zero attached hydrogens (tertiary/aromatic N) is 4. The molecule has 1 aliphatic heterocycles. The monoisotopic (exact) mass is 266 g/mol. The van der Waals surface area contributed by atoms with Gasteiger partial charge in [0.25, 0.3) is 0 Å². The fraction of sp³-hybridized carbons (Fsp3) is 0.250. The number of piperazine rings is 1. The molecule has 20 heavy (non-hydrogen) atoms. The molecule has 0 N–H and O–H groups in total. The van der Waals surface area contributed by atoms with E-state index in [4.69, 9.17) is 0 Å². The van der Waals surface area contributed by atoms with Gasteiger partial charge in [0.05, 0.1) is 19.3 Å². The zero-order valence-electron chi connectivity index (χ0n) is 11.4. The molecule has 1 aromatic heterocycles. The first-order valence-corrected chi connectivity index (χ1v) is 6.91. The van der Waals surface area contributed by atoms with Gasteiger partial charge in [-0.25, -0.2) is 0 Å². The van der Waals surface area contributed by atoms with Crippen molar-refractivity contribution >= 4 is 11.9 Å². The van der Waals surface area contributed by atoms with E-state index in [1.807, 2.05) is 18.3 Å². The number of para-hydroxylation sites is 1. The number of hydrogen-bond acceptors (Lipinski definition) is 4. The lowest BCUT2D eigenvalue weighted by molar-refractivity contribution is 0.272. The fourth-order valence-corrected chi connectivity index (χ4v) is 2.31. The maximum atomic E-state index is 4.54. The molecule has 1 fully saturated rings. The van der Waals surface area contributed by atoms with E-state index in [-0.39, 0.29) is 0 Å². The van der Waals surface area contributed by atoms with Crippen LogP contribution in [0.25, 0.3) is 0 Å². The number of rotatable bonds is 3. The van der Waals surface area contributed by atoms with Gasteiger partial charge in [0.2, 0.25) is 0 Å². The average Bonchev–Trinajstić information content (AvgIpc) is 2.55. The van der Waals surface area contributed by atoms with Crippen molar-refractivity contribution < 1.29 is 0 Å². The van der Waals surface area contributed by atoms with Crippen molar-refractivity contribution in [3.8, 4) is 0 Å². The SMILES string of the molecule is C(=N/N1CCN(c2ccccc2)CC1)/c1ccncc1. The molecule has 2 aromatic rings. The Kier molecular flexibility index (Phi) is 3.92. The van der Waals surface area contributed by atoms with E-state index in [1.165, 1.54) is 5.69 Å². The average molecular weight is 266 g/mol. The number of hydrazone groups is 1. The molecule has 0 atom stereocenters. The van der Waals surface area contributed by atoms with Crippen molar-refractivity contribution in [1.82, 2.24) is 9.99 Å². The van der Waals surface area contributed by atoms with Crippen LogP contribution in [0.5, 0.6) is 0 Å². The highest BCUT2D eigenvalue weighted by atomic mass is 15.5. The molecule has 1 aromatic carbocycles. The molecule has 1 saturated heterocycles. The van der Waals surface area contributed by atoms with Crippen LogP contribution in [0.1, 0.15) is 5.56 Å². The highest BCUT2D eigenvalue weighted by Gasteiger charge is 2.15. The molecular weight excluding hydrogens is 248 g/mol. The highest BCUT2D eigenvalue weighted by Crippen LogP contribution is 2.15. The summed E-state index contributed by atoms with van der Waals surface area (Å²) in [5, 5.41) is 6.66. The van der Waals surface area contributed by atoms with Gasteiger partial charge in [0.15, 0.2) is 0 Å². The molecule has 1 aliphatic rings. The van der Waals surface area contributed by atoms with Crippen molar-refractivity contribution in [2.75, 3.05) is 31.1 Å². The summed E-state index contributed by atoms with van der Waals surface area (Å²) in [4.78, 5) is 6.40. The summed E-state index contributed by atoms with van der Waals surface area (Å²) in [7, 11) is 0. The Labute approximate surface area is 119 Å². The van der Waals surface area contributed by atoms with Gasteiger partial charge in [-0.15, -0.1) is 0 Å². The van der Waals surface area contributed by atoms with Crippen LogP contribution >= 0.6 is 0 Å². The molecule has 0 bridgehead atoms. The van der Waals surface area contributed by atoms with Crippen LogP contribution < -0.4 is 4.90 Å². The Morgan fingerprint density at radius 1 is 0.900 bits per heavy atom. The van der Waals surface area contributed by atoms with Crippen LogP contribution in [0.4, 0.5) is 5.69 Å². The second-order valence-electron chi connectivity index (χ2n) is 4.80. The van der Waals surface area contributed by atoms with Crippen molar-refractivity contribution in [2.24, 2.45) is 5.10 Å². The summed E-state index contributed by atoms with van der Waals surface area (Å²) in [6, 6.07) is 14.5. The highest BCUT2D eigenvalue weighted by molar-refractivity contribution is 5.78. The van der Waals surface area contributed by atoms with E-state index in [9.17, 15) is 0 Å². The van der Waals surface area contributed by atoms with Gasteiger partial charge in [-0.2, -0.15) is 5.10 Å². The minimum Gasteiger partial charge on any atom is -0.368 e. The van der Waals surface area contributed by atoms with Gasteiger partial charge in [-0.3, -0.25) is 9.99 Å². The smallest absolute Gasteiger partial charge is 0.0544 e. The van der Waals surface area contributed by atoms with Crippen LogP contribution in [-0.4, -0.2) is 42.4 Å². The van der Waals surface area contributed by atoms with Crippen molar-refractivity contribution in [3.63, 3.8) is 0 Å². The van der Waals surface area contributed by atoms with Gasteiger partial charge in [-0.05, 0) is 29.8 Å². The topological polar surface area (TPSA) is 31.7 Å². The minimum absolute atomic E-state index is 0.955. The molecule has 4 nitrogen and oxygen atoms in total. The lowest BCUT2D eigenvalue weighted by atomic mass is 10.2. The molecular formula is C16H18N4. The largest absolute Gasteiger partial charge is 0.368 e. The summed E-state index contributed by atoms with van der Waals surface area (Å²) in [5.41, 5.74) is 2.38. The lowest BCUT2D eigenvalue weighted by Gasteiger charge is -2.34. The van der Waals surface area contributed by atoms with Gasteiger partial charge in [-0.1, -0.05) is 18.2 Å². The first-order chi connectivity index (χ1) is 9.92. The maximum absolute atomic E-state index is 4.54. The predicted octanol–water partition coefficient (Wildman–Crippen LogP) is 2.24. The fourth-order valence-electron chi connectivity index (χ4n) is 2.31. The van der Waals surface area contributed by atoms with E-state index in [2.05, 4.69) is 50.3 Å². The van der Waals surface area contributed by atoms with Crippen LogP contribution in [0.2, 0.25) is 0 Å². The first kappa shape index (κ1) is 12.7. The molecule has 4 heteroatoms. The Morgan fingerprint density at radius 2 is 1.60 bits per heavy atom. The lowest BCUT2D eigenvalue weighted by Crippen LogP contribution is -2.44. The molecule has 2 heterocycles. The summed E-state index contributed by atoms with van der Waals surface area (Å²) < 4.78 is 0. The van der Waals surface area contributed by atoms with Gasteiger partial charge in [0, 0.05) is 31.2 Å². The van der Waals surface area contributed by atoms with Crippen molar-refractivity contribution in [3.05, 3.63) is 60.4 Å². The second kappa shape index (κ2) is 6.19. The number of hydrogen-bond donors (Lipinski definition) is 0. The Morgan fingerprint density at radius 3 is 2.30 bits per heavy atom. The summed E-state index contributed by atoms with van der Waals surface area (Å²) in [5.74, 6) is 0. The van der Waals surface area contributed by atoms with Crippen molar-refractivity contribution in [1.29, 1.82) is 0 Å². The third-order valence-corrected chi connectivity index (χ3v) is 3.45. The molecule has 0 amide bonds. The number of anilines is 1. The van der Waals surface area contributed by atoms with E-state index in [0.29, 0.717) is 0 Å². The van der Waals surface area contributed by atoms with Crippen LogP contribution in [-0.2, 0) is 0 Å². The summed E-state index contributed by atoms with van der Waals surface area (Å²) in [6.45, 7) is 3.93. The van der Waals surface area contributed by atoms with E-state index < -0.39 is 0 Å².